The molecule has 2 aromatic carbocycles. The van der Waals surface area contributed by atoms with E-state index in [4.69, 9.17) is 4.74 Å². The highest BCUT2D eigenvalue weighted by molar-refractivity contribution is 5.88. The van der Waals surface area contributed by atoms with Crippen LogP contribution in [0.15, 0.2) is 48.5 Å². The number of rotatable bonds is 10. The van der Waals surface area contributed by atoms with E-state index in [9.17, 15) is 9.59 Å². The van der Waals surface area contributed by atoms with Gasteiger partial charge < -0.3 is 15.0 Å². The van der Waals surface area contributed by atoms with Crippen LogP contribution in [0.25, 0.3) is 0 Å². The Labute approximate surface area is 199 Å². The number of nitrogens with one attached hydrogen (secondary N) is 1. The number of para-hydroxylation sites is 1. The number of hydrogen-bond donors (Lipinski definition) is 1. The van der Waals surface area contributed by atoms with Crippen LogP contribution in [0, 0.1) is 6.92 Å². The zero-order valence-corrected chi connectivity index (χ0v) is 21.3. The van der Waals surface area contributed by atoms with E-state index in [0.717, 1.165) is 23.1 Å². The lowest BCUT2D eigenvalue weighted by molar-refractivity contribution is -0.143. The van der Waals surface area contributed by atoms with Gasteiger partial charge in [0.2, 0.25) is 5.91 Å². The Hall–Kier alpha value is -2.82. The lowest BCUT2D eigenvalue weighted by Crippen LogP contribution is -2.51. The van der Waals surface area contributed by atoms with Crippen molar-refractivity contribution >= 4 is 11.8 Å². The van der Waals surface area contributed by atoms with Gasteiger partial charge in [-0.05, 0) is 54.9 Å². The summed E-state index contributed by atoms with van der Waals surface area (Å²) in [6.07, 6.45) is 1.36. The van der Waals surface area contributed by atoms with E-state index in [1.807, 2.05) is 76.2 Å². The largest absolute Gasteiger partial charge is 0.483 e. The summed E-state index contributed by atoms with van der Waals surface area (Å²) < 4.78 is 6.03. The predicted molar refractivity (Wildman–Crippen MR) is 134 cm³/mol. The Morgan fingerprint density at radius 2 is 1.64 bits per heavy atom. The van der Waals surface area contributed by atoms with Gasteiger partial charge in [0, 0.05) is 12.6 Å². The fourth-order valence-corrected chi connectivity index (χ4v) is 3.77. The van der Waals surface area contributed by atoms with Gasteiger partial charge in [-0.3, -0.25) is 9.59 Å². The van der Waals surface area contributed by atoms with E-state index in [-0.39, 0.29) is 29.9 Å². The summed E-state index contributed by atoms with van der Waals surface area (Å²) in [5.74, 6) is 0.378. The van der Waals surface area contributed by atoms with Gasteiger partial charge in [0.25, 0.3) is 5.91 Å². The third-order valence-electron chi connectivity index (χ3n) is 6.04. The molecule has 0 saturated heterocycles. The molecule has 0 spiro atoms. The fraction of sp³-hybridized carbons (Fsp3) is 0.500. The monoisotopic (exact) mass is 452 g/mol. The van der Waals surface area contributed by atoms with Gasteiger partial charge in [0.05, 0.1) is 0 Å². The Bertz CT molecular complexity index is 933. The molecule has 0 aliphatic carbocycles. The Balaban J connectivity index is 2.30. The van der Waals surface area contributed by atoms with Crippen molar-refractivity contribution in [2.24, 2.45) is 0 Å². The van der Waals surface area contributed by atoms with Crippen LogP contribution in [0.3, 0.4) is 0 Å². The first-order valence-corrected chi connectivity index (χ1v) is 11.9. The van der Waals surface area contributed by atoms with Crippen molar-refractivity contribution in [1.82, 2.24) is 10.2 Å². The molecule has 180 valence electrons. The van der Waals surface area contributed by atoms with Gasteiger partial charge in [-0.1, -0.05) is 77.1 Å². The molecular formula is C28H40N2O3. The minimum atomic E-state index is -0.562. The number of carbonyl (C=O) groups excluding carboxylic acids is 2. The summed E-state index contributed by atoms with van der Waals surface area (Å²) in [5.41, 5.74) is 3.05. The maximum atomic E-state index is 13.5. The molecule has 5 nitrogen and oxygen atoms in total. The molecule has 0 aliphatic rings. The molecular weight excluding hydrogens is 412 g/mol. The zero-order chi connectivity index (χ0) is 24.6. The normalized spacial score (nSPS) is 13.2. The summed E-state index contributed by atoms with van der Waals surface area (Å²) in [7, 11) is 0. The van der Waals surface area contributed by atoms with Gasteiger partial charge in [-0.15, -0.1) is 0 Å². The van der Waals surface area contributed by atoms with Crippen molar-refractivity contribution in [1.29, 1.82) is 0 Å². The van der Waals surface area contributed by atoms with Crippen LogP contribution in [-0.2, 0) is 21.5 Å². The predicted octanol–water partition coefficient (Wildman–Crippen LogP) is 5.39. The highest BCUT2D eigenvalue weighted by atomic mass is 16.5. The lowest BCUT2D eigenvalue weighted by atomic mass is 9.86. The van der Waals surface area contributed by atoms with Gasteiger partial charge in [-0.2, -0.15) is 0 Å². The Morgan fingerprint density at radius 3 is 2.24 bits per heavy atom. The van der Waals surface area contributed by atoms with E-state index >= 15 is 0 Å². The molecule has 0 radical (unpaired) electrons. The molecule has 2 aromatic rings. The van der Waals surface area contributed by atoms with Gasteiger partial charge >= 0.3 is 0 Å². The van der Waals surface area contributed by atoms with Crippen LogP contribution >= 0.6 is 0 Å². The van der Waals surface area contributed by atoms with Crippen LogP contribution < -0.4 is 10.1 Å². The minimum Gasteiger partial charge on any atom is -0.483 e. The maximum absolute atomic E-state index is 13.5. The van der Waals surface area contributed by atoms with E-state index in [1.54, 1.807) is 4.90 Å². The summed E-state index contributed by atoms with van der Waals surface area (Å²) >= 11 is 0. The molecule has 5 heteroatoms. The van der Waals surface area contributed by atoms with Crippen molar-refractivity contribution in [3.05, 3.63) is 65.2 Å². The SMILES string of the molecule is CC[C@@H](C)NC(=O)[C@@H](CC)N(Cc1ccccc1C)C(=O)COc1ccccc1C(C)(C)C. The van der Waals surface area contributed by atoms with Crippen LogP contribution in [0.2, 0.25) is 0 Å². The second-order valence-corrected chi connectivity index (χ2v) is 9.72. The van der Waals surface area contributed by atoms with Crippen LogP contribution in [0.1, 0.15) is 71.1 Å². The highest BCUT2D eigenvalue weighted by Gasteiger charge is 2.30. The number of carbonyl (C=O) groups is 2. The second kappa shape index (κ2) is 11.9. The Morgan fingerprint density at radius 1 is 1.00 bits per heavy atom. The standard InChI is InChI=1S/C28H40N2O3/c1-8-21(4)29-27(32)24(9-2)30(18-22-15-11-10-14-20(22)3)26(31)19-33-25-17-13-12-16-23(25)28(5,6)7/h10-17,21,24H,8-9,18-19H2,1-7H3,(H,29,32)/t21-,24-/m1/s1. The molecule has 0 bridgehead atoms. The van der Waals surface area contributed by atoms with E-state index in [1.165, 1.54) is 0 Å². The summed E-state index contributed by atoms with van der Waals surface area (Å²) in [6.45, 7) is 14.6. The van der Waals surface area contributed by atoms with Crippen molar-refractivity contribution < 1.29 is 14.3 Å². The fourth-order valence-electron chi connectivity index (χ4n) is 3.77. The van der Waals surface area contributed by atoms with Crippen molar-refractivity contribution in [2.45, 2.75) is 85.4 Å². The second-order valence-electron chi connectivity index (χ2n) is 9.72. The number of amides is 2. The highest BCUT2D eigenvalue weighted by Crippen LogP contribution is 2.31. The molecule has 0 aliphatic heterocycles. The number of aryl methyl sites for hydroxylation is 1. The number of benzene rings is 2. The van der Waals surface area contributed by atoms with Crippen molar-refractivity contribution in [3.63, 3.8) is 0 Å². The van der Waals surface area contributed by atoms with E-state index in [0.29, 0.717) is 18.7 Å². The Kier molecular flexibility index (Phi) is 9.51. The molecule has 0 aromatic heterocycles. The molecule has 0 heterocycles. The summed E-state index contributed by atoms with van der Waals surface area (Å²) in [4.78, 5) is 28.2. The molecule has 33 heavy (non-hydrogen) atoms. The van der Waals surface area contributed by atoms with Crippen LogP contribution in [0.5, 0.6) is 5.75 Å². The molecule has 0 fully saturated rings. The quantitative estimate of drug-likeness (QED) is 0.526. The first-order valence-electron chi connectivity index (χ1n) is 11.9. The average Bonchev–Trinajstić information content (AvgIpc) is 2.78. The molecule has 0 unspecified atom stereocenters. The van der Waals surface area contributed by atoms with Gasteiger partial charge in [0.1, 0.15) is 11.8 Å². The minimum absolute atomic E-state index is 0.0527. The average molecular weight is 453 g/mol. The van der Waals surface area contributed by atoms with E-state index < -0.39 is 6.04 Å². The lowest BCUT2D eigenvalue weighted by Gasteiger charge is -2.32. The third kappa shape index (κ3) is 7.34. The molecule has 2 atom stereocenters. The van der Waals surface area contributed by atoms with E-state index in [2.05, 4.69) is 26.1 Å². The molecule has 2 amide bonds. The third-order valence-corrected chi connectivity index (χ3v) is 6.04. The smallest absolute Gasteiger partial charge is 0.261 e. The molecule has 0 saturated carbocycles. The van der Waals surface area contributed by atoms with Crippen molar-refractivity contribution in [3.8, 4) is 5.75 Å². The van der Waals surface area contributed by atoms with Crippen LogP contribution in [-0.4, -0.2) is 35.4 Å². The first-order chi connectivity index (χ1) is 15.6. The number of nitrogens with zero attached hydrogens (tertiary/aromatic N) is 1. The first kappa shape index (κ1) is 26.4. The number of hydrogen-bond acceptors (Lipinski definition) is 3. The van der Waals surface area contributed by atoms with Gasteiger partial charge in [0.15, 0.2) is 6.61 Å². The molecule has 2 rings (SSSR count). The van der Waals surface area contributed by atoms with Crippen LogP contribution in [0.4, 0.5) is 0 Å². The maximum Gasteiger partial charge on any atom is 0.261 e. The summed E-state index contributed by atoms with van der Waals surface area (Å²) in [6, 6.07) is 15.3. The molecule has 1 N–H and O–H groups in total. The summed E-state index contributed by atoms with van der Waals surface area (Å²) in [5, 5.41) is 3.05. The number of ether oxygens (including phenoxy) is 1. The zero-order valence-electron chi connectivity index (χ0n) is 21.3. The topological polar surface area (TPSA) is 58.6 Å². The van der Waals surface area contributed by atoms with Gasteiger partial charge in [-0.25, -0.2) is 0 Å². The van der Waals surface area contributed by atoms with Crippen molar-refractivity contribution in [2.75, 3.05) is 6.61 Å².